The molecule has 0 heterocycles. The van der Waals surface area contributed by atoms with Gasteiger partial charge in [0.05, 0.1) is 6.42 Å². The second-order valence-corrected chi connectivity index (χ2v) is 3.13. The molecule has 7 heteroatoms. The van der Waals surface area contributed by atoms with Gasteiger partial charge in [-0.3, -0.25) is 14.8 Å². The Kier molecular flexibility index (Phi) is 4.18. The molecule has 0 atom stereocenters. The third-order valence-electron chi connectivity index (χ3n) is 2.00. The summed E-state index contributed by atoms with van der Waals surface area (Å²) in [5, 5.41) is 28.4. The fourth-order valence-corrected chi connectivity index (χ4v) is 1.13. The normalized spacial score (nSPS) is 11.0. The molecule has 0 radical (unpaired) electrons. The molecule has 4 N–H and O–H groups in total. The number of rotatable bonds is 4. The lowest BCUT2D eigenvalue weighted by atomic mass is 10.1. The highest BCUT2D eigenvalue weighted by atomic mass is 16.5. The van der Waals surface area contributed by atoms with Crippen molar-refractivity contribution in [1.82, 2.24) is 5.48 Å². The number of hydrogen-bond acceptors (Lipinski definition) is 6. The van der Waals surface area contributed by atoms with Crippen LogP contribution in [0.15, 0.2) is 29.4 Å². The fraction of sp³-hybridized carbons (Fsp3) is 0.100. The first-order valence-corrected chi connectivity index (χ1v) is 4.56. The van der Waals surface area contributed by atoms with Crippen molar-refractivity contribution < 1.29 is 25.1 Å². The standard InChI is InChI=1S/C10H10N2O5/c13-7-3-1-6(2-4-7)9(14)5-8(11-16)10(15)12-17/h1-4,13,16-17H,5H2,(H,12,15)/b11-8-. The predicted molar refractivity (Wildman–Crippen MR) is 56.2 cm³/mol. The lowest BCUT2D eigenvalue weighted by Gasteiger charge is -2.02. The van der Waals surface area contributed by atoms with Gasteiger partial charge in [-0.15, -0.1) is 0 Å². The highest BCUT2D eigenvalue weighted by molar-refractivity contribution is 6.42. The van der Waals surface area contributed by atoms with Gasteiger partial charge in [0, 0.05) is 5.56 Å². The highest BCUT2D eigenvalue weighted by Gasteiger charge is 2.17. The van der Waals surface area contributed by atoms with E-state index in [2.05, 4.69) is 5.16 Å². The Morgan fingerprint density at radius 1 is 1.24 bits per heavy atom. The highest BCUT2D eigenvalue weighted by Crippen LogP contribution is 2.11. The summed E-state index contributed by atoms with van der Waals surface area (Å²) < 4.78 is 0. The van der Waals surface area contributed by atoms with Crippen LogP contribution < -0.4 is 5.48 Å². The molecule has 0 saturated carbocycles. The van der Waals surface area contributed by atoms with Crippen LogP contribution in [0.3, 0.4) is 0 Å². The lowest BCUT2D eigenvalue weighted by molar-refractivity contribution is -0.122. The average molecular weight is 238 g/mol. The van der Waals surface area contributed by atoms with Gasteiger partial charge in [0.15, 0.2) is 11.5 Å². The van der Waals surface area contributed by atoms with Gasteiger partial charge in [0.25, 0.3) is 5.91 Å². The Hall–Kier alpha value is -2.41. The number of phenols is 1. The molecule has 1 aromatic carbocycles. The van der Waals surface area contributed by atoms with E-state index in [0.29, 0.717) is 0 Å². The zero-order valence-electron chi connectivity index (χ0n) is 8.62. The lowest BCUT2D eigenvalue weighted by Crippen LogP contribution is -2.29. The Balaban J connectivity index is 2.78. The molecule has 17 heavy (non-hydrogen) atoms. The van der Waals surface area contributed by atoms with Crippen LogP contribution in [0.4, 0.5) is 0 Å². The van der Waals surface area contributed by atoms with Crippen molar-refractivity contribution in [3.63, 3.8) is 0 Å². The van der Waals surface area contributed by atoms with Gasteiger partial charge in [0.1, 0.15) is 5.75 Å². The Labute approximate surface area is 96.0 Å². The maximum absolute atomic E-state index is 11.6. The van der Waals surface area contributed by atoms with E-state index in [1.807, 2.05) is 0 Å². The Morgan fingerprint density at radius 2 is 1.82 bits per heavy atom. The molecular weight excluding hydrogens is 228 g/mol. The largest absolute Gasteiger partial charge is 0.508 e. The summed E-state index contributed by atoms with van der Waals surface area (Å²) >= 11 is 0. The van der Waals surface area contributed by atoms with E-state index in [4.69, 9.17) is 15.5 Å². The van der Waals surface area contributed by atoms with Crippen molar-refractivity contribution in [2.24, 2.45) is 5.16 Å². The van der Waals surface area contributed by atoms with Crippen molar-refractivity contribution in [1.29, 1.82) is 0 Å². The number of benzene rings is 1. The van der Waals surface area contributed by atoms with Crippen molar-refractivity contribution >= 4 is 17.4 Å². The third kappa shape index (κ3) is 3.28. The molecule has 0 aromatic heterocycles. The van der Waals surface area contributed by atoms with E-state index in [1.165, 1.54) is 29.7 Å². The molecule has 0 bridgehead atoms. The number of nitrogens with one attached hydrogen (secondary N) is 1. The maximum Gasteiger partial charge on any atom is 0.292 e. The summed E-state index contributed by atoms with van der Waals surface area (Å²) in [5.41, 5.74) is 0.996. The Morgan fingerprint density at radius 3 is 2.29 bits per heavy atom. The van der Waals surface area contributed by atoms with Gasteiger partial charge < -0.3 is 10.3 Å². The van der Waals surface area contributed by atoms with Gasteiger partial charge in [0.2, 0.25) is 0 Å². The minimum atomic E-state index is -1.06. The van der Waals surface area contributed by atoms with Crippen LogP contribution in [0.2, 0.25) is 0 Å². The monoisotopic (exact) mass is 238 g/mol. The van der Waals surface area contributed by atoms with Gasteiger partial charge in [-0.1, -0.05) is 5.16 Å². The Bertz CT molecular complexity index is 452. The summed E-state index contributed by atoms with van der Waals surface area (Å²) in [4.78, 5) is 22.5. The minimum Gasteiger partial charge on any atom is -0.508 e. The second-order valence-electron chi connectivity index (χ2n) is 3.13. The SMILES string of the molecule is O=C(NO)/C(CC(=O)c1ccc(O)cc1)=N\O. The van der Waals surface area contributed by atoms with E-state index < -0.39 is 23.8 Å². The summed E-state index contributed by atoms with van der Waals surface area (Å²) in [5.74, 6) is -1.54. The van der Waals surface area contributed by atoms with Crippen LogP contribution in [-0.4, -0.2) is 32.9 Å². The molecule has 0 saturated heterocycles. The summed E-state index contributed by atoms with van der Waals surface area (Å²) in [6, 6.07) is 5.36. The van der Waals surface area contributed by atoms with Gasteiger partial charge in [-0.2, -0.15) is 0 Å². The number of ketones is 1. The molecule has 0 aliphatic heterocycles. The number of oxime groups is 1. The second kappa shape index (κ2) is 5.61. The number of Topliss-reactive ketones (excluding diaryl/α,β-unsaturated/α-hetero) is 1. The number of carbonyl (C=O) groups excluding carboxylic acids is 2. The van der Waals surface area contributed by atoms with E-state index in [1.54, 1.807) is 0 Å². The summed E-state index contributed by atoms with van der Waals surface area (Å²) in [6.07, 6.45) is -0.465. The van der Waals surface area contributed by atoms with Crippen LogP contribution in [0.25, 0.3) is 0 Å². The molecule has 0 aliphatic carbocycles. The molecule has 90 valence electrons. The first-order chi connectivity index (χ1) is 8.08. The zero-order valence-corrected chi connectivity index (χ0v) is 8.62. The van der Waals surface area contributed by atoms with Crippen molar-refractivity contribution in [2.75, 3.05) is 0 Å². The molecule has 0 spiro atoms. The number of aromatic hydroxyl groups is 1. The van der Waals surface area contributed by atoms with Gasteiger partial charge >= 0.3 is 0 Å². The molecular formula is C10H10N2O5. The maximum atomic E-state index is 11.6. The zero-order chi connectivity index (χ0) is 12.8. The van der Waals surface area contributed by atoms with Crippen molar-refractivity contribution in [3.8, 4) is 5.75 Å². The minimum absolute atomic E-state index is 0.00528. The van der Waals surface area contributed by atoms with E-state index in [9.17, 15) is 9.59 Å². The number of carbonyl (C=O) groups is 2. The number of hydrogen-bond donors (Lipinski definition) is 4. The smallest absolute Gasteiger partial charge is 0.292 e. The summed E-state index contributed by atoms with van der Waals surface area (Å²) in [6.45, 7) is 0. The molecule has 1 rings (SSSR count). The van der Waals surface area contributed by atoms with Crippen LogP contribution in [0, 0.1) is 0 Å². The first-order valence-electron chi connectivity index (χ1n) is 4.56. The first kappa shape index (κ1) is 12.7. The quantitative estimate of drug-likeness (QED) is 0.198. The molecule has 1 amide bonds. The van der Waals surface area contributed by atoms with Crippen LogP contribution in [0.1, 0.15) is 16.8 Å². The molecule has 0 fully saturated rings. The van der Waals surface area contributed by atoms with E-state index in [0.717, 1.165) is 0 Å². The number of nitrogens with zero attached hydrogens (tertiary/aromatic N) is 1. The van der Waals surface area contributed by atoms with Crippen molar-refractivity contribution in [3.05, 3.63) is 29.8 Å². The van der Waals surface area contributed by atoms with Crippen LogP contribution in [0.5, 0.6) is 5.75 Å². The molecule has 1 aromatic rings. The van der Waals surface area contributed by atoms with Crippen LogP contribution in [-0.2, 0) is 4.79 Å². The van der Waals surface area contributed by atoms with Crippen LogP contribution >= 0.6 is 0 Å². The van der Waals surface area contributed by atoms with Crippen molar-refractivity contribution in [2.45, 2.75) is 6.42 Å². The topological polar surface area (TPSA) is 119 Å². The number of amides is 1. The predicted octanol–water partition coefficient (Wildman–Crippen LogP) is 0.301. The molecule has 7 nitrogen and oxygen atoms in total. The average Bonchev–Trinajstić information content (AvgIpc) is 2.35. The third-order valence-corrected chi connectivity index (χ3v) is 2.00. The van der Waals surface area contributed by atoms with E-state index in [-0.39, 0.29) is 11.3 Å². The summed E-state index contributed by atoms with van der Waals surface area (Å²) in [7, 11) is 0. The molecule has 0 unspecified atom stereocenters. The number of phenolic OH excluding ortho intramolecular Hbond substituents is 1. The van der Waals surface area contributed by atoms with E-state index >= 15 is 0 Å². The van der Waals surface area contributed by atoms with Gasteiger partial charge in [-0.25, -0.2) is 5.48 Å². The van der Waals surface area contributed by atoms with Gasteiger partial charge in [-0.05, 0) is 24.3 Å². The molecule has 0 aliphatic rings. The fourth-order valence-electron chi connectivity index (χ4n) is 1.13. The number of hydroxylamine groups is 1.